The molecule has 0 aliphatic carbocycles. The molecule has 16 heavy (non-hydrogen) atoms. The van der Waals surface area contributed by atoms with Crippen molar-refractivity contribution < 1.29 is 17.2 Å². The van der Waals surface area contributed by atoms with E-state index in [0.29, 0.717) is 0 Å². The standard InChI is InChI=1S/C11H14F2O2S/c1-3-16(14,15)8-9-6-4-5-7-10(9)11(2,12)13/h4-7H,3,8H2,1-2H3. The van der Waals surface area contributed by atoms with E-state index in [1.165, 1.54) is 25.1 Å². The summed E-state index contributed by atoms with van der Waals surface area (Å²) in [6.45, 7) is 2.27. The Morgan fingerprint density at radius 3 is 2.31 bits per heavy atom. The molecule has 0 aliphatic rings. The molecular formula is C11H14F2O2S. The van der Waals surface area contributed by atoms with Gasteiger partial charge in [0.05, 0.1) is 5.75 Å². The molecule has 5 heteroatoms. The summed E-state index contributed by atoms with van der Waals surface area (Å²) >= 11 is 0. The molecule has 0 bridgehead atoms. The number of hydrogen-bond donors (Lipinski definition) is 0. The average molecular weight is 248 g/mol. The monoisotopic (exact) mass is 248 g/mol. The van der Waals surface area contributed by atoms with Crippen molar-refractivity contribution in [3.8, 4) is 0 Å². The average Bonchev–Trinajstić information content (AvgIpc) is 2.16. The minimum Gasteiger partial charge on any atom is -0.229 e. The van der Waals surface area contributed by atoms with Crippen LogP contribution in [0.3, 0.4) is 0 Å². The molecule has 0 heterocycles. The largest absolute Gasteiger partial charge is 0.270 e. The van der Waals surface area contributed by atoms with Gasteiger partial charge in [0, 0.05) is 18.2 Å². The van der Waals surface area contributed by atoms with Gasteiger partial charge in [-0.15, -0.1) is 0 Å². The molecule has 0 aromatic heterocycles. The topological polar surface area (TPSA) is 34.1 Å². The van der Waals surface area contributed by atoms with Crippen molar-refractivity contribution in [2.75, 3.05) is 5.75 Å². The van der Waals surface area contributed by atoms with E-state index in [1.54, 1.807) is 6.07 Å². The number of benzene rings is 1. The van der Waals surface area contributed by atoms with Crippen LogP contribution in [-0.2, 0) is 21.5 Å². The van der Waals surface area contributed by atoms with E-state index in [9.17, 15) is 17.2 Å². The van der Waals surface area contributed by atoms with Crippen molar-refractivity contribution in [1.82, 2.24) is 0 Å². The predicted molar refractivity (Wildman–Crippen MR) is 59.2 cm³/mol. The Bertz CT molecular complexity index is 461. The van der Waals surface area contributed by atoms with Gasteiger partial charge in [-0.05, 0) is 5.56 Å². The lowest BCUT2D eigenvalue weighted by Gasteiger charge is -2.15. The smallest absolute Gasteiger partial charge is 0.229 e. The van der Waals surface area contributed by atoms with E-state index in [1.807, 2.05) is 0 Å². The maximum atomic E-state index is 13.2. The highest BCUT2D eigenvalue weighted by Crippen LogP contribution is 2.30. The van der Waals surface area contributed by atoms with Crippen LogP contribution in [0.15, 0.2) is 24.3 Å². The Morgan fingerprint density at radius 1 is 1.25 bits per heavy atom. The second-order valence-corrected chi connectivity index (χ2v) is 6.08. The first-order valence-corrected chi connectivity index (χ1v) is 6.75. The molecule has 1 rings (SSSR count). The van der Waals surface area contributed by atoms with Crippen molar-refractivity contribution in [3.63, 3.8) is 0 Å². The second-order valence-electron chi connectivity index (χ2n) is 3.72. The maximum absolute atomic E-state index is 13.2. The lowest BCUT2D eigenvalue weighted by Crippen LogP contribution is -2.14. The summed E-state index contributed by atoms with van der Waals surface area (Å²) < 4.78 is 49.2. The SMILES string of the molecule is CCS(=O)(=O)Cc1ccccc1C(C)(F)F. The molecule has 0 aliphatic heterocycles. The third-order valence-electron chi connectivity index (χ3n) is 2.31. The first kappa shape index (κ1) is 13.1. The molecule has 0 N–H and O–H groups in total. The fourth-order valence-corrected chi connectivity index (χ4v) is 2.34. The van der Waals surface area contributed by atoms with Gasteiger partial charge in [-0.3, -0.25) is 0 Å². The highest BCUT2D eigenvalue weighted by molar-refractivity contribution is 7.90. The van der Waals surface area contributed by atoms with E-state index in [-0.39, 0.29) is 22.6 Å². The van der Waals surface area contributed by atoms with Crippen LogP contribution in [0.25, 0.3) is 0 Å². The Hall–Kier alpha value is -0.970. The lowest BCUT2D eigenvalue weighted by molar-refractivity contribution is 0.0167. The van der Waals surface area contributed by atoms with Gasteiger partial charge in [-0.1, -0.05) is 31.2 Å². The minimum atomic E-state index is -3.29. The quantitative estimate of drug-likeness (QED) is 0.821. The minimum absolute atomic E-state index is 0.0450. The van der Waals surface area contributed by atoms with Crippen LogP contribution >= 0.6 is 0 Å². The summed E-state index contributed by atoms with van der Waals surface area (Å²) in [5.74, 6) is -3.39. The highest BCUT2D eigenvalue weighted by Gasteiger charge is 2.28. The van der Waals surface area contributed by atoms with Crippen LogP contribution in [-0.4, -0.2) is 14.2 Å². The van der Waals surface area contributed by atoms with Crippen LogP contribution in [0.4, 0.5) is 8.78 Å². The van der Waals surface area contributed by atoms with Gasteiger partial charge >= 0.3 is 0 Å². The molecule has 0 radical (unpaired) electrons. The molecular weight excluding hydrogens is 234 g/mol. The zero-order valence-corrected chi connectivity index (χ0v) is 10.0. The Morgan fingerprint density at radius 2 is 1.81 bits per heavy atom. The summed E-state index contributed by atoms with van der Waals surface area (Å²) in [5, 5.41) is 0. The first-order valence-electron chi connectivity index (χ1n) is 4.93. The second kappa shape index (κ2) is 4.49. The molecule has 90 valence electrons. The first-order chi connectivity index (χ1) is 7.26. The Labute approximate surface area is 94.2 Å². The van der Waals surface area contributed by atoms with Crippen molar-refractivity contribution in [2.45, 2.75) is 25.5 Å². The Kier molecular flexibility index (Phi) is 3.68. The van der Waals surface area contributed by atoms with E-state index >= 15 is 0 Å². The summed E-state index contributed by atoms with van der Waals surface area (Å²) in [4.78, 5) is 0. The van der Waals surface area contributed by atoms with Crippen molar-refractivity contribution in [3.05, 3.63) is 35.4 Å². The lowest BCUT2D eigenvalue weighted by atomic mass is 10.0. The van der Waals surface area contributed by atoms with Crippen molar-refractivity contribution in [2.24, 2.45) is 0 Å². The van der Waals surface area contributed by atoms with Gasteiger partial charge in [0.2, 0.25) is 0 Å². The van der Waals surface area contributed by atoms with Crippen molar-refractivity contribution >= 4 is 9.84 Å². The van der Waals surface area contributed by atoms with Gasteiger partial charge in [0.15, 0.2) is 9.84 Å². The molecule has 0 unspecified atom stereocenters. The molecule has 0 amide bonds. The van der Waals surface area contributed by atoms with E-state index in [2.05, 4.69) is 0 Å². The third-order valence-corrected chi connectivity index (χ3v) is 3.94. The Balaban J connectivity index is 3.16. The van der Waals surface area contributed by atoms with Crippen LogP contribution in [0, 0.1) is 0 Å². The number of halogens is 2. The normalized spacial score (nSPS) is 12.8. The van der Waals surface area contributed by atoms with Gasteiger partial charge in [0.1, 0.15) is 0 Å². The maximum Gasteiger partial charge on any atom is 0.270 e. The zero-order chi connectivity index (χ0) is 12.4. The van der Waals surface area contributed by atoms with Crippen LogP contribution in [0.5, 0.6) is 0 Å². The molecule has 0 spiro atoms. The summed E-state index contributed by atoms with van der Waals surface area (Å²) in [7, 11) is -3.29. The van der Waals surface area contributed by atoms with Crippen LogP contribution in [0.2, 0.25) is 0 Å². The molecule has 0 atom stereocenters. The number of alkyl halides is 2. The number of sulfone groups is 1. The molecule has 0 saturated heterocycles. The van der Waals surface area contributed by atoms with Crippen molar-refractivity contribution in [1.29, 1.82) is 0 Å². The molecule has 0 fully saturated rings. The molecule has 1 aromatic rings. The summed E-state index contributed by atoms with van der Waals surface area (Å²) in [6.07, 6.45) is 0. The molecule has 1 aromatic carbocycles. The van der Waals surface area contributed by atoms with Gasteiger partial charge in [-0.25, -0.2) is 17.2 Å². The highest BCUT2D eigenvalue weighted by atomic mass is 32.2. The summed E-state index contributed by atoms with van der Waals surface area (Å²) in [6, 6.07) is 5.74. The van der Waals surface area contributed by atoms with E-state index in [0.717, 1.165) is 6.92 Å². The molecule has 0 saturated carbocycles. The fourth-order valence-electron chi connectivity index (χ4n) is 1.41. The van der Waals surface area contributed by atoms with Gasteiger partial charge in [0.25, 0.3) is 5.92 Å². The number of rotatable bonds is 4. The fraction of sp³-hybridized carbons (Fsp3) is 0.455. The van der Waals surface area contributed by atoms with Crippen LogP contribution < -0.4 is 0 Å². The summed E-state index contributed by atoms with van der Waals surface area (Å²) in [5.41, 5.74) is -0.0381. The zero-order valence-electron chi connectivity index (χ0n) is 9.20. The predicted octanol–water partition coefficient (Wildman–Crippen LogP) is 2.73. The van der Waals surface area contributed by atoms with E-state index in [4.69, 9.17) is 0 Å². The van der Waals surface area contributed by atoms with Gasteiger partial charge in [-0.2, -0.15) is 0 Å². The molecule has 2 nitrogen and oxygen atoms in total. The number of hydrogen-bond acceptors (Lipinski definition) is 2. The third kappa shape index (κ3) is 3.27. The van der Waals surface area contributed by atoms with Gasteiger partial charge < -0.3 is 0 Å². The van der Waals surface area contributed by atoms with Crippen LogP contribution in [0.1, 0.15) is 25.0 Å². The van der Waals surface area contributed by atoms with E-state index < -0.39 is 15.8 Å².